The molecule has 2 fully saturated rings. The topological polar surface area (TPSA) is 21.3 Å². The largest absolute Gasteiger partial charge is 0.375 e. The average Bonchev–Trinajstić information content (AvgIpc) is 2.91. The standard InChI is InChI=1S/C14H25NO/c1-3-5-6-13(15-9-4-2)12-10-11-7-8-14(12)16-11/h3,11-15H,1,4-10H2,2H3. The summed E-state index contributed by atoms with van der Waals surface area (Å²) in [6.07, 6.45) is 10.6. The van der Waals surface area contributed by atoms with Crippen LogP contribution in [0.4, 0.5) is 0 Å². The molecule has 2 heteroatoms. The van der Waals surface area contributed by atoms with Crippen molar-refractivity contribution < 1.29 is 4.74 Å². The van der Waals surface area contributed by atoms with Gasteiger partial charge in [0, 0.05) is 12.0 Å². The molecule has 0 amide bonds. The molecule has 0 aliphatic carbocycles. The number of fused-ring (bicyclic) bond motifs is 2. The Bertz CT molecular complexity index is 229. The van der Waals surface area contributed by atoms with Crippen molar-refractivity contribution in [3.63, 3.8) is 0 Å². The van der Waals surface area contributed by atoms with Gasteiger partial charge in [0.1, 0.15) is 0 Å². The van der Waals surface area contributed by atoms with Gasteiger partial charge >= 0.3 is 0 Å². The molecule has 0 radical (unpaired) electrons. The molecule has 2 heterocycles. The zero-order chi connectivity index (χ0) is 11.4. The molecule has 0 aromatic rings. The van der Waals surface area contributed by atoms with Crippen molar-refractivity contribution in [3.05, 3.63) is 12.7 Å². The SMILES string of the molecule is C=CCCC(NCCC)C1CC2CCC1O2. The lowest BCUT2D eigenvalue weighted by molar-refractivity contribution is 0.0850. The molecule has 16 heavy (non-hydrogen) atoms. The van der Waals surface area contributed by atoms with Gasteiger partial charge in [-0.2, -0.15) is 0 Å². The fourth-order valence-electron chi connectivity index (χ4n) is 3.20. The zero-order valence-corrected chi connectivity index (χ0v) is 10.5. The number of rotatable bonds is 7. The zero-order valence-electron chi connectivity index (χ0n) is 10.5. The number of allylic oxidation sites excluding steroid dienone is 1. The number of hydrogen-bond donors (Lipinski definition) is 1. The Morgan fingerprint density at radius 1 is 1.50 bits per heavy atom. The third-order valence-corrected chi connectivity index (χ3v) is 4.01. The van der Waals surface area contributed by atoms with E-state index < -0.39 is 0 Å². The molecule has 1 N–H and O–H groups in total. The van der Waals surface area contributed by atoms with E-state index in [0.717, 1.165) is 18.9 Å². The molecule has 2 bridgehead atoms. The first kappa shape index (κ1) is 12.1. The summed E-state index contributed by atoms with van der Waals surface area (Å²) in [5.74, 6) is 0.755. The number of nitrogens with one attached hydrogen (secondary N) is 1. The van der Waals surface area contributed by atoms with Crippen molar-refractivity contribution >= 4 is 0 Å². The van der Waals surface area contributed by atoms with Crippen LogP contribution in [0, 0.1) is 5.92 Å². The molecular formula is C14H25NO. The maximum atomic E-state index is 5.96. The first-order valence-electron chi connectivity index (χ1n) is 6.85. The number of hydrogen-bond acceptors (Lipinski definition) is 2. The Hall–Kier alpha value is -0.340. The third-order valence-electron chi connectivity index (χ3n) is 4.01. The van der Waals surface area contributed by atoms with E-state index in [1.165, 1.54) is 32.1 Å². The summed E-state index contributed by atoms with van der Waals surface area (Å²) in [4.78, 5) is 0. The van der Waals surface area contributed by atoms with Crippen molar-refractivity contribution in [1.82, 2.24) is 5.32 Å². The molecule has 2 rings (SSSR count). The molecule has 0 aromatic carbocycles. The van der Waals surface area contributed by atoms with Crippen molar-refractivity contribution in [1.29, 1.82) is 0 Å². The minimum absolute atomic E-state index is 0.546. The molecule has 4 unspecified atom stereocenters. The first-order chi connectivity index (χ1) is 7.85. The molecule has 92 valence electrons. The van der Waals surface area contributed by atoms with E-state index in [0.29, 0.717) is 18.2 Å². The quantitative estimate of drug-likeness (QED) is 0.670. The van der Waals surface area contributed by atoms with E-state index in [9.17, 15) is 0 Å². The Morgan fingerprint density at radius 2 is 2.38 bits per heavy atom. The number of ether oxygens (including phenoxy) is 1. The molecule has 2 aliphatic heterocycles. The lowest BCUT2D eigenvalue weighted by Gasteiger charge is -2.29. The second-order valence-corrected chi connectivity index (χ2v) is 5.20. The normalized spacial score (nSPS) is 34.2. The second-order valence-electron chi connectivity index (χ2n) is 5.20. The lowest BCUT2D eigenvalue weighted by atomic mass is 9.82. The van der Waals surface area contributed by atoms with Gasteiger partial charge in [0.05, 0.1) is 12.2 Å². The van der Waals surface area contributed by atoms with Crippen LogP contribution in [0.15, 0.2) is 12.7 Å². The minimum Gasteiger partial charge on any atom is -0.375 e. The Labute approximate surface area is 99.4 Å². The van der Waals surface area contributed by atoms with Gasteiger partial charge in [-0.05, 0) is 45.1 Å². The molecule has 4 atom stereocenters. The van der Waals surface area contributed by atoms with Crippen LogP contribution in [-0.4, -0.2) is 24.8 Å². The predicted molar refractivity (Wildman–Crippen MR) is 67.5 cm³/mol. The van der Waals surface area contributed by atoms with Crippen LogP contribution < -0.4 is 5.32 Å². The van der Waals surface area contributed by atoms with Crippen LogP contribution in [0.2, 0.25) is 0 Å². The highest BCUT2D eigenvalue weighted by Crippen LogP contribution is 2.41. The van der Waals surface area contributed by atoms with Gasteiger partial charge in [-0.25, -0.2) is 0 Å². The van der Waals surface area contributed by atoms with E-state index in [2.05, 4.69) is 18.8 Å². The molecule has 2 saturated heterocycles. The van der Waals surface area contributed by atoms with Gasteiger partial charge in [-0.1, -0.05) is 13.0 Å². The maximum Gasteiger partial charge on any atom is 0.0623 e. The summed E-state index contributed by atoms with van der Waals surface area (Å²) < 4.78 is 5.96. The van der Waals surface area contributed by atoms with E-state index in [-0.39, 0.29) is 0 Å². The maximum absolute atomic E-state index is 5.96. The summed E-state index contributed by atoms with van der Waals surface area (Å²) >= 11 is 0. The minimum atomic E-state index is 0.546. The first-order valence-corrected chi connectivity index (χ1v) is 6.85. The summed E-state index contributed by atoms with van der Waals surface area (Å²) in [5.41, 5.74) is 0. The molecule has 2 aliphatic rings. The fourth-order valence-corrected chi connectivity index (χ4v) is 3.20. The van der Waals surface area contributed by atoms with Crippen LogP contribution in [0.1, 0.15) is 45.4 Å². The highest BCUT2D eigenvalue weighted by molar-refractivity contribution is 4.95. The van der Waals surface area contributed by atoms with Crippen LogP contribution in [0.3, 0.4) is 0 Å². The van der Waals surface area contributed by atoms with E-state index in [1.54, 1.807) is 0 Å². The highest BCUT2D eigenvalue weighted by atomic mass is 16.5. The van der Waals surface area contributed by atoms with Crippen LogP contribution in [0.5, 0.6) is 0 Å². The summed E-state index contributed by atoms with van der Waals surface area (Å²) in [6.45, 7) is 7.19. The van der Waals surface area contributed by atoms with Crippen LogP contribution in [-0.2, 0) is 4.74 Å². The van der Waals surface area contributed by atoms with E-state index in [1.807, 2.05) is 6.08 Å². The van der Waals surface area contributed by atoms with Crippen molar-refractivity contribution in [2.24, 2.45) is 5.92 Å². The second kappa shape index (κ2) is 5.83. The van der Waals surface area contributed by atoms with Gasteiger partial charge < -0.3 is 10.1 Å². The van der Waals surface area contributed by atoms with Crippen molar-refractivity contribution in [2.75, 3.05) is 6.54 Å². The smallest absolute Gasteiger partial charge is 0.0623 e. The third kappa shape index (κ3) is 2.67. The van der Waals surface area contributed by atoms with E-state index in [4.69, 9.17) is 4.74 Å². The molecule has 0 saturated carbocycles. The monoisotopic (exact) mass is 223 g/mol. The fraction of sp³-hybridized carbons (Fsp3) is 0.857. The van der Waals surface area contributed by atoms with Gasteiger partial charge in [-0.15, -0.1) is 6.58 Å². The van der Waals surface area contributed by atoms with Gasteiger partial charge in [0.25, 0.3) is 0 Å². The summed E-state index contributed by atoms with van der Waals surface area (Å²) in [7, 11) is 0. The summed E-state index contributed by atoms with van der Waals surface area (Å²) in [5, 5.41) is 3.70. The van der Waals surface area contributed by atoms with Crippen LogP contribution >= 0.6 is 0 Å². The lowest BCUT2D eigenvalue weighted by Crippen LogP contribution is -2.41. The van der Waals surface area contributed by atoms with Crippen LogP contribution in [0.25, 0.3) is 0 Å². The Balaban J connectivity index is 1.87. The highest BCUT2D eigenvalue weighted by Gasteiger charge is 2.43. The molecule has 2 nitrogen and oxygen atoms in total. The average molecular weight is 223 g/mol. The van der Waals surface area contributed by atoms with Gasteiger partial charge in [-0.3, -0.25) is 0 Å². The summed E-state index contributed by atoms with van der Waals surface area (Å²) in [6, 6.07) is 0.647. The van der Waals surface area contributed by atoms with Crippen molar-refractivity contribution in [2.45, 2.75) is 63.7 Å². The molecular weight excluding hydrogens is 198 g/mol. The Kier molecular flexibility index (Phi) is 4.42. The van der Waals surface area contributed by atoms with Gasteiger partial charge in [0.15, 0.2) is 0 Å². The Morgan fingerprint density at radius 3 is 2.94 bits per heavy atom. The van der Waals surface area contributed by atoms with E-state index >= 15 is 0 Å². The molecule has 0 spiro atoms. The van der Waals surface area contributed by atoms with Gasteiger partial charge in [0.2, 0.25) is 0 Å². The van der Waals surface area contributed by atoms with Crippen molar-refractivity contribution in [3.8, 4) is 0 Å². The predicted octanol–water partition coefficient (Wildman–Crippen LogP) is 2.89. The molecule has 0 aromatic heterocycles.